The molecule has 1 N–H and O–H groups in total. The summed E-state index contributed by atoms with van der Waals surface area (Å²) in [5.41, 5.74) is 0.855. The van der Waals surface area contributed by atoms with Gasteiger partial charge in [-0.1, -0.05) is 17.7 Å². The molecule has 0 saturated heterocycles. The molecule has 1 amide bonds. The van der Waals surface area contributed by atoms with Gasteiger partial charge in [-0.2, -0.15) is 0 Å². The highest BCUT2D eigenvalue weighted by molar-refractivity contribution is 6.31. The van der Waals surface area contributed by atoms with E-state index in [0.717, 1.165) is 5.56 Å². The molecule has 0 fully saturated rings. The van der Waals surface area contributed by atoms with Crippen molar-refractivity contribution in [2.24, 2.45) is 0 Å². The molecule has 24 heavy (non-hydrogen) atoms. The maximum Gasteiger partial charge on any atom is 0.349 e. The number of carbonyl (C=O) groups excluding carboxylic acids is 1. The molecule has 0 radical (unpaired) electrons. The molecular formula is C18H14ClNO4. The molecule has 0 aliphatic carbocycles. The van der Waals surface area contributed by atoms with Crippen LogP contribution in [0.5, 0.6) is 5.75 Å². The lowest BCUT2D eigenvalue weighted by atomic mass is 10.1. The van der Waals surface area contributed by atoms with Gasteiger partial charge in [-0.3, -0.25) is 4.79 Å². The van der Waals surface area contributed by atoms with Crippen LogP contribution in [0.25, 0.3) is 11.0 Å². The van der Waals surface area contributed by atoms with Crippen LogP contribution in [0.15, 0.2) is 51.7 Å². The number of hydrogen-bond donors (Lipinski definition) is 1. The lowest BCUT2D eigenvalue weighted by Crippen LogP contribution is -2.21. The molecule has 1 heterocycles. The molecule has 0 atom stereocenters. The topological polar surface area (TPSA) is 68.5 Å². The van der Waals surface area contributed by atoms with E-state index < -0.39 is 11.5 Å². The number of benzene rings is 2. The van der Waals surface area contributed by atoms with E-state index in [9.17, 15) is 9.59 Å². The Labute approximate surface area is 142 Å². The summed E-state index contributed by atoms with van der Waals surface area (Å²) in [5.74, 6) is 0.0484. The van der Waals surface area contributed by atoms with Crippen LogP contribution in [0.3, 0.4) is 0 Å². The normalized spacial score (nSPS) is 10.6. The van der Waals surface area contributed by atoms with Crippen LogP contribution in [-0.2, 0) is 0 Å². The summed E-state index contributed by atoms with van der Waals surface area (Å²) in [6.07, 6.45) is 0. The Balaban J connectivity index is 2.01. The highest BCUT2D eigenvalue weighted by Gasteiger charge is 2.15. The Morgan fingerprint density at radius 2 is 2.00 bits per heavy atom. The second-order valence-electron chi connectivity index (χ2n) is 5.22. The number of carbonyl (C=O) groups is 1. The summed E-state index contributed by atoms with van der Waals surface area (Å²) < 4.78 is 10.3. The molecule has 5 nitrogen and oxygen atoms in total. The summed E-state index contributed by atoms with van der Waals surface area (Å²) in [7, 11) is 1.54. The van der Waals surface area contributed by atoms with Crippen LogP contribution in [0.1, 0.15) is 15.9 Å². The van der Waals surface area contributed by atoms with E-state index in [0.29, 0.717) is 27.4 Å². The maximum absolute atomic E-state index is 12.5. The molecule has 0 bridgehead atoms. The highest BCUT2D eigenvalue weighted by atomic mass is 35.5. The number of anilines is 1. The highest BCUT2D eigenvalue weighted by Crippen LogP contribution is 2.24. The number of methoxy groups -OCH3 is 1. The van der Waals surface area contributed by atoms with Crippen molar-refractivity contribution in [2.75, 3.05) is 12.4 Å². The fourth-order valence-corrected chi connectivity index (χ4v) is 2.49. The molecule has 1 aromatic heterocycles. The van der Waals surface area contributed by atoms with E-state index >= 15 is 0 Å². The van der Waals surface area contributed by atoms with Gasteiger partial charge in [0.1, 0.15) is 16.9 Å². The van der Waals surface area contributed by atoms with Gasteiger partial charge in [0.2, 0.25) is 0 Å². The van der Waals surface area contributed by atoms with Crippen molar-refractivity contribution in [1.82, 2.24) is 0 Å². The van der Waals surface area contributed by atoms with Crippen molar-refractivity contribution >= 4 is 34.2 Å². The monoisotopic (exact) mass is 343 g/mol. The van der Waals surface area contributed by atoms with Crippen LogP contribution >= 0.6 is 11.6 Å². The zero-order valence-electron chi connectivity index (χ0n) is 13.1. The molecule has 2 aromatic carbocycles. The van der Waals surface area contributed by atoms with Crippen LogP contribution in [0.2, 0.25) is 5.02 Å². The second kappa shape index (κ2) is 6.37. The fraction of sp³-hybridized carbons (Fsp3) is 0.111. The van der Waals surface area contributed by atoms with E-state index in [1.165, 1.54) is 13.2 Å². The molecule has 0 unspecified atom stereocenters. The SMILES string of the molecule is COc1ccc2oc(=O)c(C(=O)Nc3cccc(Cl)c3C)cc2c1. The van der Waals surface area contributed by atoms with Crippen molar-refractivity contribution in [2.45, 2.75) is 6.92 Å². The number of halogens is 1. The molecule has 3 rings (SSSR count). The number of ether oxygens (including phenoxy) is 1. The quantitative estimate of drug-likeness (QED) is 0.729. The summed E-state index contributed by atoms with van der Waals surface area (Å²) >= 11 is 6.04. The average Bonchev–Trinajstić information content (AvgIpc) is 2.58. The first-order valence-corrected chi connectivity index (χ1v) is 7.56. The molecule has 0 spiro atoms. The second-order valence-corrected chi connectivity index (χ2v) is 5.63. The Morgan fingerprint density at radius 3 is 2.75 bits per heavy atom. The van der Waals surface area contributed by atoms with Crippen LogP contribution in [-0.4, -0.2) is 13.0 Å². The van der Waals surface area contributed by atoms with Crippen molar-refractivity contribution < 1.29 is 13.9 Å². The minimum Gasteiger partial charge on any atom is -0.497 e. The number of rotatable bonds is 3. The molecule has 6 heteroatoms. The van der Waals surface area contributed by atoms with Gasteiger partial charge < -0.3 is 14.5 Å². The third kappa shape index (κ3) is 2.98. The van der Waals surface area contributed by atoms with Gasteiger partial charge in [0.25, 0.3) is 5.91 Å². The van der Waals surface area contributed by atoms with E-state index in [2.05, 4.69) is 5.32 Å². The van der Waals surface area contributed by atoms with E-state index in [4.69, 9.17) is 20.8 Å². The van der Waals surface area contributed by atoms with Gasteiger partial charge >= 0.3 is 5.63 Å². The Kier molecular flexibility index (Phi) is 4.27. The zero-order chi connectivity index (χ0) is 17.3. The van der Waals surface area contributed by atoms with Gasteiger partial charge in [0.05, 0.1) is 7.11 Å². The predicted octanol–water partition coefficient (Wildman–Crippen LogP) is 4.02. The Hall–Kier alpha value is -2.79. The third-order valence-electron chi connectivity index (χ3n) is 3.70. The smallest absolute Gasteiger partial charge is 0.349 e. The van der Waals surface area contributed by atoms with Gasteiger partial charge in [0.15, 0.2) is 0 Å². The minimum absolute atomic E-state index is 0.0878. The Morgan fingerprint density at radius 1 is 1.21 bits per heavy atom. The van der Waals surface area contributed by atoms with E-state index in [1.807, 2.05) is 0 Å². The van der Waals surface area contributed by atoms with E-state index in [1.54, 1.807) is 43.3 Å². The Bertz CT molecular complexity index is 994. The van der Waals surface area contributed by atoms with Crippen molar-refractivity contribution in [3.63, 3.8) is 0 Å². The lowest BCUT2D eigenvalue weighted by Gasteiger charge is -2.09. The molecule has 3 aromatic rings. The van der Waals surface area contributed by atoms with Crippen molar-refractivity contribution in [3.8, 4) is 5.75 Å². The summed E-state index contributed by atoms with van der Waals surface area (Å²) in [6.45, 7) is 1.78. The third-order valence-corrected chi connectivity index (χ3v) is 4.11. The van der Waals surface area contributed by atoms with Crippen molar-refractivity contribution in [3.05, 3.63) is 69.0 Å². The maximum atomic E-state index is 12.5. The molecular weight excluding hydrogens is 330 g/mol. The van der Waals surface area contributed by atoms with Crippen LogP contribution in [0.4, 0.5) is 5.69 Å². The molecule has 122 valence electrons. The van der Waals surface area contributed by atoms with Gasteiger partial charge in [-0.25, -0.2) is 4.79 Å². The number of hydrogen-bond acceptors (Lipinski definition) is 4. The molecule has 0 aliphatic heterocycles. The first-order chi connectivity index (χ1) is 11.5. The molecule has 0 saturated carbocycles. The predicted molar refractivity (Wildman–Crippen MR) is 93.2 cm³/mol. The lowest BCUT2D eigenvalue weighted by molar-refractivity contribution is 0.102. The number of amides is 1. The fourth-order valence-electron chi connectivity index (χ4n) is 2.32. The largest absolute Gasteiger partial charge is 0.497 e. The van der Waals surface area contributed by atoms with Crippen molar-refractivity contribution in [1.29, 1.82) is 0 Å². The van der Waals surface area contributed by atoms with Crippen LogP contribution < -0.4 is 15.7 Å². The van der Waals surface area contributed by atoms with E-state index in [-0.39, 0.29) is 5.56 Å². The van der Waals surface area contributed by atoms with Crippen LogP contribution in [0, 0.1) is 6.92 Å². The zero-order valence-corrected chi connectivity index (χ0v) is 13.8. The number of nitrogens with one attached hydrogen (secondary N) is 1. The minimum atomic E-state index is -0.704. The standard InChI is InChI=1S/C18H14ClNO4/c1-10-14(19)4-3-5-15(10)20-17(21)13-9-11-8-12(23-2)6-7-16(11)24-18(13)22/h3-9H,1-2H3,(H,20,21). The summed E-state index contributed by atoms with van der Waals surface area (Å²) in [6, 6.07) is 11.6. The first kappa shape index (κ1) is 16.1. The summed E-state index contributed by atoms with van der Waals surface area (Å²) in [5, 5.41) is 3.82. The first-order valence-electron chi connectivity index (χ1n) is 7.18. The number of fused-ring (bicyclic) bond motifs is 1. The van der Waals surface area contributed by atoms with Gasteiger partial charge in [-0.05, 0) is 48.9 Å². The average molecular weight is 344 g/mol. The van der Waals surface area contributed by atoms with Gasteiger partial charge in [-0.15, -0.1) is 0 Å². The molecule has 0 aliphatic rings. The van der Waals surface area contributed by atoms with Gasteiger partial charge in [0, 0.05) is 16.1 Å². The summed E-state index contributed by atoms with van der Waals surface area (Å²) in [4.78, 5) is 24.5.